The molecule has 0 bridgehead atoms. The van der Waals surface area contributed by atoms with E-state index in [0.29, 0.717) is 17.1 Å². The summed E-state index contributed by atoms with van der Waals surface area (Å²) in [4.78, 5) is 48.4. The Morgan fingerprint density at radius 2 is 1.88 bits per heavy atom. The van der Waals surface area contributed by atoms with Crippen LogP contribution in [0.15, 0.2) is 47.4 Å². The number of thioether (sulfide) groups is 1. The van der Waals surface area contributed by atoms with Crippen molar-refractivity contribution in [1.29, 1.82) is 0 Å². The molecule has 1 fully saturated rings. The van der Waals surface area contributed by atoms with E-state index in [1.807, 2.05) is 0 Å². The molecule has 2 amide bonds. The second-order valence-corrected chi connectivity index (χ2v) is 8.10. The van der Waals surface area contributed by atoms with Crippen molar-refractivity contribution in [2.24, 2.45) is 0 Å². The van der Waals surface area contributed by atoms with Crippen molar-refractivity contribution in [3.8, 4) is 11.5 Å². The van der Waals surface area contributed by atoms with Gasteiger partial charge in [-0.25, -0.2) is 4.79 Å². The minimum atomic E-state index is -1.02. The average Bonchev–Trinajstić information content (AvgIpc) is 3.10. The molecule has 0 aromatic heterocycles. The van der Waals surface area contributed by atoms with Gasteiger partial charge in [-0.05, 0) is 67.1 Å². The second-order valence-electron chi connectivity index (χ2n) is 7.10. The van der Waals surface area contributed by atoms with Crippen molar-refractivity contribution in [1.82, 2.24) is 4.90 Å². The molecular weight excluding hydrogens is 464 g/mol. The number of nitro groups is 1. The molecule has 1 atom stereocenters. The first kappa shape index (κ1) is 24.8. The molecule has 1 saturated heterocycles. The van der Waals surface area contributed by atoms with Crippen LogP contribution in [0.5, 0.6) is 11.5 Å². The zero-order valence-corrected chi connectivity index (χ0v) is 19.5. The lowest BCUT2D eigenvalue weighted by Crippen LogP contribution is -2.42. The molecule has 1 aliphatic rings. The Bertz CT molecular complexity index is 1150. The highest BCUT2D eigenvalue weighted by atomic mass is 32.2. The zero-order valence-electron chi connectivity index (χ0n) is 18.7. The predicted octanol–water partition coefficient (Wildman–Crippen LogP) is 4.17. The van der Waals surface area contributed by atoms with Crippen molar-refractivity contribution in [2.45, 2.75) is 26.5 Å². The zero-order chi connectivity index (χ0) is 24.8. The van der Waals surface area contributed by atoms with Gasteiger partial charge in [0, 0.05) is 12.1 Å². The number of carbonyl (C=O) groups excluding carboxylic acids is 3. The van der Waals surface area contributed by atoms with Crippen LogP contribution in [-0.2, 0) is 20.9 Å². The molecule has 2 aromatic carbocycles. The van der Waals surface area contributed by atoms with E-state index in [1.54, 1.807) is 37.3 Å². The van der Waals surface area contributed by atoms with Gasteiger partial charge in [-0.15, -0.1) is 0 Å². The number of rotatable bonds is 9. The number of nitrogens with zero attached hydrogens (tertiary/aromatic N) is 2. The molecule has 0 aliphatic carbocycles. The van der Waals surface area contributed by atoms with Crippen LogP contribution in [0.1, 0.15) is 25.0 Å². The summed E-state index contributed by atoms with van der Waals surface area (Å²) < 4.78 is 16.1. The number of hydrogen-bond donors (Lipinski definition) is 0. The second kappa shape index (κ2) is 10.8. The molecule has 34 heavy (non-hydrogen) atoms. The molecule has 0 radical (unpaired) electrons. The highest BCUT2D eigenvalue weighted by Gasteiger charge is 2.41. The highest BCUT2D eigenvalue weighted by molar-refractivity contribution is 8.18. The van der Waals surface area contributed by atoms with Gasteiger partial charge in [-0.2, -0.15) is 0 Å². The van der Waals surface area contributed by atoms with Crippen LogP contribution in [0.3, 0.4) is 0 Å². The molecule has 0 N–H and O–H groups in total. The van der Waals surface area contributed by atoms with Crippen LogP contribution in [0.2, 0.25) is 0 Å². The van der Waals surface area contributed by atoms with Crippen LogP contribution in [0, 0.1) is 10.1 Å². The van der Waals surface area contributed by atoms with Gasteiger partial charge < -0.3 is 14.2 Å². The molecule has 0 spiro atoms. The number of amides is 2. The van der Waals surface area contributed by atoms with Gasteiger partial charge >= 0.3 is 5.97 Å². The van der Waals surface area contributed by atoms with Crippen molar-refractivity contribution < 1.29 is 33.5 Å². The Labute approximate surface area is 199 Å². The first-order chi connectivity index (χ1) is 16.2. The van der Waals surface area contributed by atoms with E-state index in [9.17, 15) is 24.5 Å². The quantitative estimate of drug-likeness (QED) is 0.222. The third kappa shape index (κ3) is 5.54. The topological polar surface area (TPSA) is 125 Å². The summed E-state index contributed by atoms with van der Waals surface area (Å²) >= 11 is 0.740. The Balaban J connectivity index is 1.73. The molecule has 11 heteroatoms. The number of imide groups is 1. The van der Waals surface area contributed by atoms with Crippen molar-refractivity contribution in [3.63, 3.8) is 0 Å². The molecular formula is C23H22N2O8S. The number of carbonyl (C=O) groups is 3. The molecule has 1 aliphatic heterocycles. The maximum Gasteiger partial charge on any atom is 0.329 e. The van der Waals surface area contributed by atoms with Crippen molar-refractivity contribution in [3.05, 3.63) is 68.6 Å². The van der Waals surface area contributed by atoms with Gasteiger partial charge in [0.05, 0.1) is 23.5 Å². The highest BCUT2D eigenvalue weighted by Crippen LogP contribution is 2.36. The molecule has 10 nitrogen and oxygen atoms in total. The van der Waals surface area contributed by atoms with Crippen LogP contribution in [0.4, 0.5) is 10.5 Å². The van der Waals surface area contributed by atoms with Crippen LogP contribution < -0.4 is 9.47 Å². The maximum absolute atomic E-state index is 12.7. The Kier molecular flexibility index (Phi) is 7.90. The summed E-state index contributed by atoms with van der Waals surface area (Å²) in [6.45, 7) is 3.40. The maximum atomic E-state index is 12.7. The Morgan fingerprint density at radius 3 is 2.50 bits per heavy atom. The van der Waals surface area contributed by atoms with Crippen molar-refractivity contribution in [2.75, 3.05) is 13.7 Å². The lowest BCUT2D eigenvalue weighted by atomic mass is 10.1. The van der Waals surface area contributed by atoms with E-state index in [1.165, 1.54) is 32.2 Å². The fraction of sp³-hybridized carbons (Fsp3) is 0.261. The minimum Gasteiger partial charge on any atom is -0.493 e. The van der Waals surface area contributed by atoms with E-state index >= 15 is 0 Å². The van der Waals surface area contributed by atoms with E-state index in [2.05, 4.69) is 0 Å². The fourth-order valence-corrected chi connectivity index (χ4v) is 4.01. The monoisotopic (exact) mass is 486 g/mol. The number of esters is 1. The number of non-ortho nitro benzene ring substituents is 1. The fourth-order valence-electron chi connectivity index (χ4n) is 3.10. The van der Waals surface area contributed by atoms with Crippen LogP contribution in [0.25, 0.3) is 6.08 Å². The normalized spacial score (nSPS) is 15.4. The number of hydrogen-bond acceptors (Lipinski definition) is 9. The van der Waals surface area contributed by atoms with Crippen LogP contribution >= 0.6 is 11.8 Å². The summed E-state index contributed by atoms with van der Waals surface area (Å²) in [5, 5.41) is 10.2. The number of benzene rings is 2. The largest absolute Gasteiger partial charge is 0.493 e. The number of nitro benzene ring substituents is 1. The SMILES string of the molecule is CCOC(=O)[C@@H](C)N1C(=O)S/C(=C\c2ccc(OCc3ccc([N+](=O)[O-])cc3)c(OC)c2)C1=O. The summed E-state index contributed by atoms with van der Waals surface area (Å²) in [5.74, 6) is -0.396. The summed E-state index contributed by atoms with van der Waals surface area (Å²) in [7, 11) is 1.47. The summed E-state index contributed by atoms with van der Waals surface area (Å²) in [5.41, 5.74) is 1.32. The third-order valence-electron chi connectivity index (χ3n) is 4.87. The Morgan fingerprint density at radius 1 is 1.18 bits per heavy atom. The van der Waals surface area contributed by atoms with E-state index in [-0.39, 0.29) is 23.8 Å². The van der Waals surface area contributed by atoms with Gasteiger partial charge in [-0.3, -0.25) is 24.6 Å². The van der Waals surface area contributed by atoms with Gasteiger partial charge in [0.2, 0.25) is 0 Å². The van der Waals surface area contributed by atoms with Gasteiger partial charge in [0.1, 0.15) is 12.6 Å². The lowest BCUT2D eigenvalue weighted by Gasteiger charge is -2.19. The molecule has 178 valence electrons. The van der Waals surface area contributed by atoms with E-state index < -0.39 is 28.1 Å². The standard InChI is InChI=1S/C23H22N2O8S/c1-4-32-22(27)14(2)24-21(26)20(34-23(24)28)12-16-7-10-18(19(11-16)31-3)33-13-15-5-8-17(9-6-15)25(29)30/h5-12,14H,4,13H2,1-3H3/b20-12-/t14-/m1/s1. The average molecular weight is 487 g/mol. The first-order valence-electron chi connectivity index (χ1n) is 10.2. The van der Waals surface area contributed by atoms with Gasteiger partial charge in [-0.1, -0.05) is 6.07 Å². The molecule has 2 aromatic rings. The van der Waals surface area contributed by atoms with Crippen molar-refractivity contribution >= 4 is 40.6 Å². The van der Waals surface area contributed by atoms with Crippen LogP contribution in [-0.4, -0.2) is 46.7 Å². The number of methoxy groups -OCH3 is 1. The summed E-state index contributed by atoms with van der Waals surface area (Å²) in [6.07, 6.45) is 1.53. The smallest absolute Gasteiger partial charge is 0.329 e. The molecule has 0 unspecified atom stereocenters. The van der Waals surface area contributed by atoms with Gasteiger partial charge in [0.15, 0.2) is 11.5 Å². The molecule has 1 heterocycles. The first-order valence-corrected chi connectivity index (χ1v) is 11.0. The molecule has 0 saturated carbocycles. The Hall–Kier alpha value is -3.86. The van der Waals surface area contributed by atoms with E-state index in [0.717, 1.165) is 22.2 Å². The third-order valence-corrected chi connectivity index (χ3v) is 5.75. The predicted molar refractivity (Wildman–Crippen MR) is 124 cm³/mol. The van der Waals surface area contributed by atoms with E-state index in [4.69, 9.17) is 14.2 Å². The minimum absolute atomic E-state index is 0.00764. The summed E-state index contributed by atoms with van der Waals surface area (Å²) in [6, 6.07) is 9.97. The van der Waals surface area contributed by atoms with Gasteiger partial charge in [0.25, 0.3) is 16.8 Å². The lowest BCUT2D eigenvalue weighted by molar-refractivity contribution is -0.384. The number of ether oxygens (including phenoxy) is 3. The molecule has 3 rings (SSSR count).